The number of hydrogen-bond donors (Lipinski definition) is 1. The van der Waals surface area contributed by atoms with Crippen LogP contribution in [0.5, 0.6) is 0 Å². The van der Waals surface area contributed by atoms with Crippen molar-refractivity contribution >= 4 is 55.6 Å². The second-order valence-electron chi connectivity index (χ2n) is 2.50. The molecule has 0 spiro atoms. The molecule has 0 aliphatic carbocycles. The van der Waals surface area contributed by atoms with Crippen LogP contribution in [0.15, 0.2) is 26.8 Å². The van der Waals surface area contributed by atoms with Crippen LogP contribution in [0.3, 0.4) is 0 Å². The van der Waals surface area contributed by atoms with Gasteiger partial charge in [0.2, 0.25) is 5.91 Å². The molecule has 0 saturated carbocycles. The fraction of sp³-hybridized carbons (Fsp3) is 0.250. The Kier molecular flexibility index (Phi) is 4.84. The van der Waals surface area contributed by atoms with E-state index in [1.54, 1.807) is 18.4 Å². The standard InChI is InChI=1S/C8H7Br2ClN2O/c9-3-8(14)13-6-4-12-7(11)2-1-5(6)10/h1-2,4,6H,3H2,(H,13,14). The molecule has 14 heavy (non-hydrogen) atoms. The summed E-state index contributed by atoms with van der Waals surface area (Å²) in [6.07, 6.45) is 4.99. The summed E-state index contributed by atoms with van der Waals surface area (Å²) < 4.78 is 0.811. The molecule has 0 aromatic carbocycles. The molecule has 1 aliphatic heterocycles. The minimum atomic E-state index is -0.257. The summed E-state index contributed by atoms with van der Waals surface area (Å²) in [5, 5.41) is 3.39. The maximum absolute atomic E-state index is 11.1. The van der Waals surface area contributed by atoms with Gasteiger partial charge in [0.05, 0.1) is 11.4 Å². The van der Waals surface area contributed by atoms with Crippen LogP contribution in [0.4, 0.5) is 0 Å². The first kappa shape index (κ1) is 11.9. The number of hydrogen-bond acceptors (Lipinski definition) is 2. The molecule has 76 valence electrons. The topological polar surface area (TPSA) is 41.5 Å². The fourth-order valence-corrected chi connectivity index (χ4v) is 1.48. The van der Waals surface area contributed by atoms with E-state index in [4.69, 9.17) is 11.6 Å². The molecule has 3 nitrogen and oxygen atoms in total. The average Bonchev–Trinajstić information content (AvgIpc) is 2.33. The number of nitrogens with one attached hydrogen (secondary N) is 1. The lowest BCUT2D eigenvalue weighted by atomic mass is 10.3. The second-order valence-corrected chi connectivity index (χ2v) is 4.36. The van der Waals surface area contributed by atoms with Crippen molar-refractivity contribution in [2.45, 2.75) is 6.04 Å². The zero-order valence-electron chi connectivity index (χ0n) is 7.01. The van der Waals surface area contributed by atoms with Crippen LogP contribution in [0.2, 0.25) is 0 Å². The summed E-state index contributed by atoms with van der Waals surface area (Å²) in [6.45, 7) is 0. The third kappa shape index (κ3) is 3.55. The molecule has 6 heteroatoms. The van der Waals surface area contributed by atoms with Gasteiger partial charge >= 0.3 is 0 Å². The van der Waals surface area contributed by atoms with E-state index in [1.807, 2.05) is 0 Å². The summed E-state index contributed by atoms with van der Waals surface area (Å²) >= 11 is 12.1. The number of amides is 1. The Labute approximate surface area is 104 Å². The Morgan fingerprint density at radius 2 is 2.36 bits per heavy atom. The van der Waals surface area contributed by atoms with E-state index in [0.717, 1.165) is 4.48 Å². The van der Waals surface area contributed by atoms with Gasteiger partial charge in [-0.25, -0.2) is 4.99 Å². The highest BCUT2D eigenvalue weighted by molar-refractivity contribution is 9.11. The van der Waals surface area contributed by atoms with Crippen molar-refractivity contribution in [1.29, 1.82) is 0 Å². The summed E-state index contributed by atoms with van der Waals surface area (Å²) in [5.41, 5.74) is 0. The summed E-state index contributed by atoms with van der Waals surface area (Å²) in [6, 6.07) is -0.257. The van der Waals surface area contributed by atoms with E-state index in [9.17, 15) is 4.79 Å². The molecule has 1 heterocycles. The van der Waals surface area contributed by atoms with Crippen molar-refractivity contribution in [3.8, 4) is 0 Å². The molecule has 0 fully saturated rings. The first-order chi connectivity index (χ1) is 6.63. The summed E-state index contributed by atoms with van der Waals surface area (Å²) in [5.74, 6) is -0.107. The van der Waals surface area contributed by atoms with Gasteiger partial charge in [-0.15, -0.1) is 0 Å². The zero-order valence-corrected chi connectivity index (χ0v) is 10.9. The molecule has 1 N–H and O–H groups in total. The Balaban J connectivity index is 2.72. The van der Waals surface area contributed by atoms with E-state index in [0.29, 0.717) is 5.16 Å². The molecular formula is C8H7Br2ClN2O. The van der Waals surface area contributed by atoms with E-state index < -0.39 is 0 Å². The number of alkyl halides is 1. The highest BCUT2D eigenvalue weighted by Crippen LogP contribution is 2.16. The molecule has 0 bridgehead atoms. The van der Waals surface area contributed by atoms with E-state index in [1.165, 1.54) is 0 Å². The van der Waals surface area contributed by atoms with Crippen molar-refractivity contribution < 1.29 is 4.79 Å². The molecule has 0 saturated heterocycles. The number of nitrogens with zero attached hydrogens (tertiary/aromatic N) is 1. The minimum absolute atomic E-state index is 0.107. The van der Waals surface area contributed by atoms with Gasteiger partial charge in [-0.2, -0.15) is 0 Å². The predicted octanol–water partition coefficient (Wildman–Crippen LogP) is 2.31. The zero-order chi connectivity index (χ0) is 10.6. The largest absolute Gasteiger partial charge is 0.343 e. The van der Waals surface area contributed by atoms with Gasteiger partial charge in [-0.1, -0.05) is 43.5 Å². The molecule has 0 aromatic rings. The number of aliphatic imine (C=N–C) groups is 1. The highest BCUT2D eigenvalue weighted by Gasteiger charge is 2.13. The van der Waals surface area contributed by atoms with E-state index in [2.05, 4.69) is 42.2 Å². The first-order valence-electron chi connectivity index (χ1n) is 3.76. The maximum atomic E-state index is 11.1. The van der Waals surface area contributed by atoms with Gasteiger partial charge in [0.15, 0.2) is 0 Å². The van der Waals surface area contributed by atoms with Crippen molar-refractivity contribution in [2.75, 3.05) is 5.33 Å². The van der Waals surface area contributed by atoms with Crippen molar-refractivity contribution in [3.63, 3.8) is 0 Å². The SMILES string of the molecule is O=C(CBr)NC1C=NC(Cl)=CC=C1Br. The highest BCUT2D eigenvalue weighted by atomic mass is 79.9. The average molecular weight is 342 g/mol. The maximum Gasteiger partial charge on any atom is 0.231 e. The Bertz CT molecular complexity index is 325. The van der Waals surface area contributed by atoms with Crippen molar-refractivity contribution in [1.82, 2.24) is 5.32 Å². The van der Waals surface area contributed by atoms with Crippen LogP contribution in [0.25, 0.3) is 0 Å². The van der Waals surface area contributed by atoms with Crippen LogP contribution in [0.1, 0.15) is 0 Å². The van der Waals surface area contributed by atoms with Crippen molar-refractivity contribution in [2.24, 2.45) is 4.99 Å². The van der Waals surface area contributed by atoms with Gasteiger partial charge in [0, 0.05) is 10.7 Å². The normalized spacial score (nSPS) is 20.9. The van der Waals surface area contributed by atoms with Gasteiger partial charge in [-0.3, -0.25) is 4.79 Å². The lowest BCUT2D eigenvalue weighted by Crippen LogP contribution is -2.36. The number of rotatable bonds is 2. The second kappa shape index (κ2) is 5.68. The lowest BCUT2D eigenvalue weighted by Gasteiger charge is -2.11. The third-order valence-corrected chi connectivity index (χ3v) is 2.95. The molecule has 1 amide bonds. The molecular weight excluding hydrogens is 335 g/mol. The number of carbonyl (C=O) groups excluding carboxylic acids is 1. The van der Waals surface area contributed by atoms with Crippen LogP contribution in [-0.2, 0) is 4.79 Å². The molecule has 0 aromatic heterocycles. The Morgan fingerprint density at radius 1 is 1.64 bits per heavy atom. The summed E-state index contributed by atoms with van der Waals surface area (Å²) in [7, 11) is 0. The fourth-order valence-electron chi connectivity index (χ4n) is 0.830. The Morgan fingerprint density at radius 3 is 3.00 bits per heavy atom. The number of carbonyl (C=O) groups is 1. The smallest absolute Gasteiger partial charge is 0.231 e. The molecule has 1 aliphatic rings. The third-order valence-electron chi connectivity index (χ3n) is 1.46. The van der Waals surface area contributed by atoms with Gasteiger partial charge < -0.3 is 5.32 Å². The predicted molar refractivity (Wildman–Crippen MR) is 65.2 cm³/mol. The lowest BCUT2D eigenvalue weighted by molar-refractivity contribution is -0.118. The molecule has 1 rings (SSSR count). The van der Waals surface area contributed by atoms with Crippen LogP contribution in [0, 0.1) is 0 Å². The number of halogens is 3. The van der Waals surface area contributed by atoms with E-state index >= 15 is 0 Å². The molecule has 0 radical (unpaired) electrons. The van der Waals surface area contributed by atoms with Crippen LogP contribution < -0.4 is 5.32 Å². The number of allylic oxidation sites excluding steroid dienone is 2. The van der Waals surface area contributed by atoms with Crippen LogP contribution >= 0.6 is 43.5 Å². The van der Waals surface area contributed by atoms with Gasteiger partial charge in [-0.05, 0) is 12.2 Å². The first-order valence-corrected chi connectivity index (χ1v) is 6.05. The Hall–Kier alpha value is -0.130. The van der Waals surface area contributed by atoms with Gasteiger partial charge in [0.25, 0.3) is 0 Å². The van der Waals surface area contributed by atoms with Crippen LogP contribution in [-0.4, -0.2) is 23.5 Å². The van der Waals surface area contributed by atoms with Crippen molar-refractivity contribution in [3.05, 3.63) is 21.8 Å². The monoisotopic (exact) mass is 340 g/mol. The summed E-state index contributed by atoms with van der Waals surface area (Å²) in [4.78, 5) is 15.0. The minimum Gasteiger partial charge on any atom is -0.343 e. The molecule has 1 atom stereocenters. The quantitative estimate of drug-likeness (QED) is 0.607. The van der Waals surface area contributed by atoms with Gasteiger partial charge in [0.1, 0.15) is 5.16 Å². The molecule has 1 unspecified atom stereocenters. The van der Waals surface area contributed by atoms with E-state index in [-0.39, 0.29) is 17.3 Å².